The first-order chi connectivity index (χ1) is 17.5. The number of ether oxygens (including phenoxy) is 1. The summed E-state index contributed by atoms with van der Waals surface area (Å²) in [6, 6.07) is 21.8. The molecular formula is C27H22FN3O2S3. The summed E-state index contributed by atoms with van der Waals surface area (Å²) in [5.41, 5.74) is 3.18. The minimum atomic E-state index is -0.497. The molecule has 0 spiro atoms. The van der Waals surface area contributed by atoms with E-state index in [1.165, 1.54) is 22.4 Å². The van der Waals surface area contributed by atoms with Crippen LogP contribution < -0.4 is 10.3 Å². The van der Waals surface area contributed by atoms with E-state index in [9.17, 15) is 9.18 Å². The van der Waals surface area contributed by atoms with Gasteiger partial charge in [0, 0.05) is 5.75 Å². The minimum Gasteiger partial charge on any atom is -0.492 e. The second-order valence-corrected chi connectivity index (χ2v) is 10.5. The Bertz CT molecular complexity index is 1690. The quantitative estimate of drug-likeness (QED) is 0.126. The van der Waals surface area contributed by atoms with Crippen LogP contribution in [0.4, 0.5) is 4.39 Å². The van der Waals surface area contributed by atoms with Crippen molar-refractivity contribution in [2.45, 2.75) is 24.8 Å². The molecular weight excluding hydrogens is 514 g/mol. The van der Waals surface area contributed by atoms with Crippen molar-refractivity contribution in [1.82, 2.24) is 14.1 Å². The van der Waals surface area contributed by atoms with Gasteiger partial charge in [0.1, 0.15) is 16.3 Å². The van der Waals surface area contributed by atoms with E-state index in [4.69, 9.17) is 21.9 Å². The van der Waals surface area contributed by atoms with Crippen LogP contribution in [0.3, 0.4) is 0 Å². The summed E-state index contributed by atoms with van der Waals surface area (Å²) in [4.78, 5) is 18.8. The lowest BCUT2D eigenvalue weighted by atomic mass is 10.1. The van der Waals surface area contributed by atoms with Crippen LogP contribution in [0.25, 0.3) is 21.7 Å². The Morgan fingerprint density at radius 1 is 1.00 bits per heavy atom. The molecule has 2 heterocycles. The maximum absolute atomic E-state index is 14.9. The number of thiazole rings is 1. The van der Waals surface area contributed by atoms with Crippen molar-refractivity contribution in [2.24, 2.45) is 0 Å². The number of halogens is 1. The van der Waals surface area contributed by atoms with Gasteiger partial charge in [0.15, 0.2) is 14.8 Å². The van der Waals surface area contributed by atoms with Gasteiger partial charge in [-0.25, -0.2) is 9.37 Å². The van der Waals surface area contributed by atoms with E-state index in [0.717, 1.165) is 22.5 Å². The third-order valence-corrected chi connectivity index (χ3v) is 8.03. The first-order valence-electron chi connectivity index (χ1n) is 11.3. The number of thioether (sulfide) groups is 1. The van der Waals surface area contributed by atoms with Crippen molar-refractivity contribution in [3.8, 4) is 17.1 Å². The largest absolute Gasteiger partial charge is 0.492 e. The molecule has 5 nitrogen and oxygen atoms in total. The number of aryl methyl sites for hydroxylation is 1. The maximum Gasteiger partial charge on any atom is 0.278 e. The van der Waals surface area contributed by atoms with Gasteiger partial charge < -0.3 is 4.74 Å². The summed E-state index contributed by atoms with van der Waals surface area (Å²) < 4.78 is 24.7. The Hall–Kier alpha value is -3.27. The Labute approximate surface area is 220 Å². The van der Waals surface area contributed by atoms with E-state index in [1.807, 2.05) is 62.4 Å². The van der Waals surface area contributed by atoms with E-state index in [-0.39, 0.29) is 11.2 Å². The van der Waals surface area contributed by atoms with Crippen molar-refractivity contribution in [3.63, 3.8) is 0 Å². The predicted octanol–water partition coefficient (Wildman–Crippen LogP) is 7.11. The number of benzene rings is 3. The lowest BCUT2D eigenvalue weighted by molar-refractivity contribution is 0.339. The first kappa shape index (κ1) is 24.4. The molecule has 0 N–H and O–H groups in total. The third kappa shape index (κ3) is 4.50. The molecule has 5 rings (SSSR count). The van der Waals surface area contributed by atoms with Crippen molar-refractivity contribution < 1.29 is 9.13 Å². The summed E-state index contributed by atoms with van der Waals surface area (Å²) >= 11 is 8.23. The normalized spacial score (nSPS) is 11.2. The molecule has 2 aromatic heterocycles. The third-order valence-electron chi connectivity index (χ3n) is 5.69. The molecule has 182 valence electrons. The Balaban J connectivity index is 1.76. The molecule has 36 heavy (non-hydrogen) atoms. The molecule has 0 saturated heterocycles. The molecule has 0 aliphatic carbocycles. The lowest BCUT2D eigenvalue weighted by Gasteiger charge is -2.15. The van der Waals surface area contributed by atoms with Gasteiger partial charge in [0.2, 0.25) is 0 Å². The molecule has 9 heteroatoms. The van der Waals surface area contributed by atoms with Crippen LogP contribution in [0, 0.1) is 16.7 Å². The van der Waals surface area contributed by atoms with Crippen molar-refractivity contribution in [1.29, 1.82) is 0 Å². The van der Waals surface area contributed by atoms with Crippen LogP contribution in [0.15, 0.2) is 82.7 Å². The van der Waals surface area contributed by atoms with Crippen molar-refractivity contribution >= 4 is 45.7 Å². The zero-order valence-corrected chi connectivity index (χ0v) is 22.1. The highest BCUT2D eigenvalue weighted by atomic mass is 32.2. The molecule has 3 aromatic carbocycles. The summed E-state index contributed by atoms with van der Waals surface area (Å²) in [6.45, 7) is 4.43. The fourth-order valence-corrected chi connectivity index (χ4v) is 6.29. The van der Waals surface area contributed by atoms with E-state index in [2.05, 4.69) is 0 Å². The second-order valence-electron chi connectivity index (χ2n) is 7.96. The molecule has 0 fully saturated rings. The average Bonchev–Trinajstić information content (AvgIpc) is 3.21. The summed E-state index contributed by atoms with van der Waals surface area (Å²) in [6.07, 6.45) is 0. The summed E-state index contributed by atoms with van der Waals surface area (Å²) in [5, 5.41) is 0.385. The number of hydrogen-bond acceptors (Lipinski definition) is 6. The fourth-order valence-electron chi connectivity index (χ4n) is 3.92. The molecule has 0 bridgehead atoms. The van der Waals surface area contributed by atoms with E-state index < -0.39 is 5.82 Å². The molecule has 0 aliphatic rings. The van der Waals surface area contributed by atoms with E-state index >= 15 is 0 Å². The fraction of sp³-hybridized carbons (Fsp3) is 0.148. The molecule has 0 unspecified atom stereocenters. The molecule has 0 radical (unpaired) electrons. The number of para-hydroxylation sites is 3. The maximum atomic E-state index is 14.9. The van der Waals surface area contributed by atoms with Crippen LogP contribution in [-0.2, 0) is 5.75 Å². The number of rotatable bonds is 7. The van der Waals surface area contributed by atoms with Gasteiger partial charge in [-0.1, -0.05) is 71.6 Å². The molecule has 5 aromatic rings. The standard InChI is InChI=1S/C27H22FN3O2S3/c1-3-33-22-15-9-8-14-21(22)30-24-23(36-27(30)34)25(32)31(20-13-7-6-12-19(20)28)26(29-24)35-16-18-11-5-4-10-17(18)2/h4-15H,3,16H2,1-2H3. The van der Waals surface area contributed by atoms with E-state index in [0.29, 0.717) is 43.3 Å². The van der Waals surface area contributed by atoms with Gasteiger partial charge in [-0.3, -0.25) is 13.9 Å². The molecule has 0 aliphatic heterocycles. The summed E-state index contributed by atoms with van der Waals surface area (Å²) in [7, 11) is 0. The van der Waals surface area contributed by atoms with Crippen molar-refractivity contribution in [2.75, 3.05) is 6.61 Å². The van der Waals surface area contributed by atoms with Crippen LogP contribution >= 0.6 is 35.3 Å². The number of fused-ring (bicyclic) bond motifs is 1. The molecule has 0 amide bonds. The topological polar surface area (TPSA) is 49.0 Å². The smallest absolute Gasteiger partial charge is 0.278 e. The summed E-state index contributed by atoms with van der Waals surface area (Å²) in [5.74, 6) is 0.715. The molecule has 0 saturated carbocycles. The highest BCUT2D eigenvalue weighted by molar-refractivity contribution is 7.98. The van der Waals surface area contributed by atoms with Gasteiger partial charge >= 0.3 is 0 Å². The monoisotopic (exact) mass is 535 g/mol. The number of aromatic nitrogens is 3. The van der Waals surface area contributed by atoms with E-state index in [1.54, 1.807) is 22.8 Å². The minimum absolute atomic E-state index is 0.157. The number of nitrogens with zero attached hydrogens (tertiary/aromatic N) is 3. The highest BCUT2D eigenvalue weighted by Crippen LogP contribution is 2.32. The Morgan fingerprint density at radius 2 is 1.69 bits per heavy atom. The second kappa shape index (κ2) is 10.4. The zero-order valence-electron chi connectivity index (χ0n) is 19.6. The Morgan fingerprint density at radius 3 is 2.44 bits per heavy atom. The lowest BCUT2D eigenvalue weighted by Crippen LogP contribution is -2.22. The van der Waals surface area contributed by atoms with Gasteiger partial charge in [-0.15, -0.1) is 0 Å². The van der Waals surface area contributed by atoms with Crippen LogP contribution in [0.5, 0.6) is 5.75 Å². The van der Waals surface area contributed by atoms with Crippen LogP contribution in [-0.4, -0.2) is 20.7 Å². The van der Waals surface area contributed by atoms with Gasteiger partial charge in [0.05, 0.1) is 18.0 Å². The van der Waals surface area contributed by atoms with Gasteiger partial charge in [-0.05, 0) is 61.5 Å². The van der Waals surface area contributed by atoms with Gasteiger partial charge in [-0.2, -0.15) is 0 Å². The number of hydrogen-bond donors (Lipinski definition) is 0. The first-order valence-corrected chi connectivity index (χ1v) is 13.5. The Kier molecular flexibility index (Phi) is 7.04. The van der Waals surface area contributed by atoms with Crippen LogP contribution in [0.1, 0.15) is 18.1 Å². The average molecular weight is 536 g/mol. The van der Waals surface area contributed by atoms with Crippen LogP contribution in [0.2, 0.25) is 0 Å². The van der Waals surface area contributed by atoms with Gasteiger partial charge in [0.25, 0.3) is 5.56 Å². The molecule has 0 atom stereocenters. The SMILES string of the molecule is CCOc1ccccc1-n1c(=S)sc2c(=O)n(-c3ccccc3F)c(SCc3ccccc3C)nc21. The van der Waals surface area contributed by atoms with Crippen molar-refractivity contribution in [3.05, 3.63) is 104 Å². The zero-order chi connectivity index (χ0) is 25.2. The predicted molar refractivity (Wildman–Crippen MR) is 147 cm³/mol. The highest BCUT2D eigenvalue weighted by Gasteiger charge is 2.22.